The lowest BCUT2D eigenvalue weighted by molar-refractivity contribution is 0.291. The van der Waals surface area contributed by atoms with Gasteiger partial charge in [-0.3, -0.25) is 0 Å². The normalized spacial score (nSPS) is 11.5. The second kappa shape index (κ2) is 10.5. The Morgan fingerprint density at radius 1 is 0.957 bits per heavy atom. The highest BCUT2D eigenvalue weighted by Crippen LogP contribution is 2.26. The average molecular weight is 322 g/mol. The van der Waals surface area contributed by atoms with Crippen LogP contribution >= 0.6 is 0 Å². The summed E-state index contributed by atoms with van der Waals surface area (Å²) in [6.07, 6.45) is 4.45. The molecular formula is C20H35NO2. The molecule has 0 heterocycles. The third kappa shape index (κ3) is 8.85. The first-order valence-electron chi connectivity index (χ1n) is 9.05. The fourth-order valence-corrected chi connectivity index (χ4v) is 2.14. The van der Waals surface area contributed by atoms with Gasteiger partial charge in [0.05, 0.1) is 13.2 Å². The van der Waals surface area contributed by atoms with Crippen molar-refractivity contribution in [2.75, 3.05) is 19.8 Å². The molecule has 0 atom stereocenters. The summed E-state index contributed by atoms with van der Waals surface area (Å²) >= 11 is 0. The van der Waals surface area contributed by atoms with Crippen molar-refractivity contribution in [3.05, 3.63) is 23.8 Å². The predicted molar refractivity (Wildman–Crippen MR) is 98.4 cm³/mol. The Labute approximate surface area is 142 Å². The maximum absolute atomic E-state index is 5.99. The number of nitrogens with one attached hydrogen (secondary N) is 1. The molecule has 0 unspecified atom stereocenters. The second-order valence-electron chi connectivity index (χ2n) is 7.34. The third-order valence-electron chi connectivity index (χ3n) is 3.53. The van der Waals surface area contributed by atoms with Gasteiger partial charge in [0, 0.05) is 24.7 Å². The fourth-order valence-electron chi connectivity index (χ4n) is 2.14. The molecule has 0 fully saturated rings. The zero-order valence-corrected chi connectivity index (χ0v) is 15.7. The average Bonchev–Trinajstić information content (AvgIpc) is 2.48. The number of ether oxygens (including phenoxy) is 2. The molecule has 3 heteroatoms. The minimum atomic E-state index is 0.284. The lowest BCUT2D eigenvalue weighted by Crippen LogP contribution is -2.26. The summed E-state index contributed by atoms with van der Waals surface area (Å²) in [6, 6.07) is 6.22. The number of rotatable bonds is 11. The van der Waals surface area contributed by atoms with E-state index >= 15 is 0 Å². The number of unbranched alkanes of at least 4 members (excludes halogenated alkanes) is 2. The van der Waals surface area contributed by atoms with Crippen LogP contribution in [0.5, 0.6) is 11.5 Å². The molecule has 0 aromatic heterocycles. The molecule has 0 radical (unpaired) electrons. The van der Waals surface area contributed by atoms with Crippen LogP contribution in [-0.2, 0) is 6.54 Å². The predicted octanol–water partition coefficient (Wildman–Crippen LogP) is 5.18. The molecule has 132 valence electrons. The van der Waals surface area contributed by atoms with Crippen LogP contribution in [0.15, 0.2) is 18.2 Å². The molecule has 1 rings (SSSR count). The molecule has 1 aromatic carbocycles. The highest BCUT2D eigenvalue weighted by atomic mass is 16.5. The molecule has 0 aliphatic rings. The number of hydrogen-bond donors (Lipinski definition) is 1. The minimum absolute atomic E-state index is 0.284. The van der Waals surface area contributed by atoms with Gasteiger partial charge in [0.25, 0.3) is 0 Å². The molecule has 1 N–H and O–H groups in total. The van der Waals surface area contributed by atoms with Crippen LogP contribution in [0.25, 0.3) is 0 Å². The summed E-state index contributed by atoms with van der Waals surface area (Å²) in [5, 5.41) is 3.52. The van der Waals surface area contributed by atoms with Crippen LogP contribution in [0.4, 0.5) is 0 Å². The number of hydrogen-bond acceptors (Lipinski definition) is 3. The Balaban J connectivity index is 2.68. The van der Waals surface area contributed by atoms with Crippen molar-refractivity contribution in [1.82, 2.24) is 5.32 Å². The molecular weight excluding hydrogens is 286 g/mol. The largest absolute Gasteiger partial charge is 0.493 e. The molecule has 23 heavy (non-hydrogen) atoms. The van der Waals surface area contributed by atoms with E-state index in [2.05, 4.69) is 52.1 Å². The van der Waals surface area contributed by atoms with Crippen LogP contribution in [0, 0.1) is 5.41 Å². The summed E-state index contributed by atoms with van der Waals surface area (Å²) in [4.78, 5) is 0. The van der Waals surface area contributed by atoms with E-state index in [4.69, 9.17) is 9.47 Å². The summed E-state index contributed by atoms with van der Waals surface area (Å²) in [6.45, 7) is 14.4. The van der Waals surface area contributed by atoms with E-state index in [1.807, 2.05) is 6.07 Å². The number of benzene rings is 1. The monoisotopic (exact) mass is 321 g/mol. The molecule has 3 nitrogen and oxygen atoms in total. The van der Waals surface area contributed by atoms with Crippen molar-refractivity contribution in [1.29, 1.82) is 0 Å². The van der Waals surface area contributed by atoms with Gasteiger partial charge in [0.15, 0.2) is 0 Å². The maximum Gasteiger partial charge on any atom is 0.127 e. The van der Waals surface area contributed by atoms with E-state index in [0.29, 0.717) is 0 Å². The van der Waals surface area contributed by atoms with Crippen molar-refractivity contribution in [2.24, 2.45) is 5.41 Å². The first-order valence-corrected chi connectivity index (χ1v) is 9.05. The van der Waals surface area contributed by atoms with E-state index < -0.39 is 0 Å². The Hall–Kier alpha value is -1.22. The zero-order valence-electron chi connectivity index (χ0n) is 15.7. The molecule has 0 saturated heterocycles. The molecule has 0 spiro atoms. The molecule has 1 aromatic rings. The van der Waals surface area contributed by atoms with Crippen LogP contribution < -0.4 is 14.8 Å². The quantitative estimate of drug-likeness (QED) is 0.570. The Kier molecular flexibility index (Phi) is 9.08. The topological polar surface area (TPSA) is 30.5 Å². The van der Waals surface area contributed by atoms with Gasteiger partial charge in [0.2, 0.25) is 0 Å². The molecule has 0 aliphatic heterocycles. The lowest BCUT2D eigenvalue weighted by atomic mass is 9.97. The van der Waals surface area contributed by atoms with Crippen molar-refractivity contribution >= 4 is 0 Å². The summed E-state index contributed by atoms with van der Waals surface area (Å²) < 4.78 is 11.8. The van der Waals surface area contributed by atoms with Crippen molar-refractivity contribution in [3.8, 4) is 11.5 Å². The van der Waals surface area contributed by atoms with Gasteiger partial charge >= 0.3 is 0 Å². The van der Waals surface area contributed by atoms with Gasteiger partial charge in [-0.25, -0.2) is 0 Å². The van der Waals surface area contributed by atoms with E-state index in [-0.39, 0.29) is 5.41 Å². The highest BCUT2D eigenvalue weighted by Gasteiger charge is 2.11. The van der Waals surface area contributed by atoms with Crippen molar-refractivity contribution < 1.29 is 9.47 Å². The summed E-state index contributed by atoms with van der Waals surface area (Å²) in [7, 11) is 0. The molecule has 0 amide bonds. The van der Waals surface area contributed by atoms with Gasteiger partial charge in [0.1, 0.15) is 11.5 Å². The molecule has 0 aliphatic carbocycles. The first-order chi connectivity index (χ1) is 11.0. The second-order valence-corrected chi connectivity index (χ2v) is 7.34. The fraction of sp³-hybridized carbons (Fsp3) is 0.700. The maximum atomic E-state index is 5.99. The lowest BCUT2D eigenvalue weighted by Gasteiger charge is -2.20. The summed E-state index contributed by atoms with van der Waals surface area (Å²) in [5.74, 6) is 1.86. The Bertz CT molecular complexity index is 438. The minimum Gasteiger partial charge on any atom is -0.493 e. The van der Waals surface area contributed by atoms with Gasteiger partial charge < -0.3 is 14.8 Å². The van der Waals surface area contributed by atoms with Gasteiger partial charge in [-0.05, 0) is 24.3 Å². The highest BCUT2D eigenvalue weighted by molar-refractivity contribution is 5.40. The molecule has 0 bridgehead atoms. The smallest absolute Gasteiger partial charge is 0.127 e. The van der Waals surface area contributed by atoms with E-state index in [1.165, 1.54) is 5.56 Å². The zero-order chi connectivity index (χ0) is 17.1. The standard InChI is InChI=1S/C20H35NO2/c1-6-8-12-22-18-11-10-17(15-21-16-20(3,4)5)19(14-18)23-13-9-7-2/h10-11,14,21H,6-9,12-13,15-16H2,1-5H3. The van der Waals surface area contributed by atoms with E-state index in [1.54, 1.807) is 0 Å². The first kappa shape index (κ1) is 19.8. The van der Waals surface area contributed by atoms with E-state index in [0.717, 1.165) is 63.5 Å². The van der Waals surface area contributed by atoms with Crippen molar-refractivity contribution in [3.63, 3.8) is 0 Å². The molecule has 0 saturated carbocycles. The van der Waals surface area contributed by atoms with Gasteiger partial charge in [-0.1, -0.05) is 53.5 Å². The van der Waals surface area contributed by atoms with Crippen LogP contribution in [-0.4, -0.2) is 19.8 Å². The van der Waals surface area contributed by atoms with Crippen molar-refractivity contribution in [2.45, 2.75) is 66.8 Å². The Morgan fingerprint density at radius 3 is 2.22 bits per heavy atom. The Morgan fingerprint density at radius 2 is 1.61 bits per heavy atom. The van der Waals surface area contributed by atoms with Crippen LogP contribution in [0.1, 0.15) is 65.9 Å². The van der Waals surface area contributed by atoms with Gasteiger partial charge in [-0.15, -0.1) is 0 Å². The SMILES string of the molecule is CCCCOc1ccc(CNCC(C)(C)C)c(OCCCC)c1. The van der Waals surface area contributed by atoms with Gasteiger partial charge in [-0.2, -0.15) is 0 Å². The summed E-state index contributed by atoms with van der Waals surface area (Å²) in [5.41, 5.74) is 1.49. The van der Waals surface area contributed by atoms with E-state index in [9.17, 15) is 0 Å². The van der Waals surface area contributed by atoms with Crippen LogP contribution in [0.3, 0.4) is 0 Å². The van der Waals surface area contributed by atoms with Crippen LogP contribution in [0.2, 0.25) is 0 Å². The third-order valence-corrected chi connectivity index (χ3v) is 3.53.